The largest absolute Gasteiger partial charge is 0.349 e. The number of nitrogens with one attached hydrogen (secondary N) is 2. The van der Waals surface area contributed by atoms with E-state index in [-0.39, 0.29) is 5.91 Å². The molecule has 1 aliphatic carbocycles. The van der Waals surface area contributed by atoms with E-state index < -0.39 is 0 Å². The van der Waals surface area contributed by atoms with Crippen molar-refractivity contribution in [3.8, 4) is 0 Å². The molecule has 0 saturated heterocycles. The molecule has 1 aromatic rings. The summed E-state index contributed by atoms with van der Waals surface area (Å²) in [5.74, 6) is 6.43. The van der Waals surface area contributed by atoms with Crippen LogP contribution in [0.3, 0.4) is 0 Å². The van der Waals surface area contributed by atoms with Gasteiger partial charge in [0.1, 0.15) is 5.82 Å². The van der Waals surface area contributed by atoms with Crippen LogP contribution in [-0.2, 0) is 0 Å². The highest BCUT2D eigenvalue weighted by atomic mass is 16.1. The monoisotopic (exact) mass is 248 g/mol. The highest BCUT2D eigenvalue weighted by Crippen LogP contribution is 2.23. The van der Waals surface area contributed by atoms with E-state index in [1.54, 1.807) is 12.1 Å². The molecule has 5 heteroatoms. The third kappa shape index (κ3) is 3.20. The van der Waals surface area contributed by atoms with Crippen molar-refractivity contribution in [3.63, 3.8) is 0 Å². The van der Waals surface area contributed by atoms with Crippen LogP contribution >= 0.6 is 0 Å². The summed E-state index contributed by atoms with van der Waals surface area (Å²) in [6, 6.07) is 3.72. The molecule has 1 saturated carbocycles. The number of rotatable bonds is 3. The van der Waals surface area contributed by atoms with Crippen LogP contribution in [0.1, 0.15) is 43.0 Å². The zero-order chi connectivity index (χ0) is 13.0. The van der Waals surface area contributed by atoms with Gasteiger partial charge in [0.15, 0.2) is 0 Å². The molecule has 1 amide bonds. The first-order valence-electron chi connectivity index (χ1n) is 6.42. The molecular weight excluding hydrogens is 228 g/mol. The van der Waals surface area contributed by atoms with E-state index in [9.17, 15) is 4.79 Å². The summed E-state index contributed by atoms with van der Waals surface area (Å²) in [6.45, 7) is 2.24. The van der Waals surface area contributed by atoms with Crippen LogP contribution in [0.2, 0.25) is 0 Å². The first kappa shape index (κ1) is 12.8. The second kappa shape index (κ2) is 5.82. The Morgan fingerprint density at radius 2 is 2.28 bits per heavy atom. The van der Waals surface area contributed by atoms with Gasteiger partial charge in [0.25, 0.3) is 5.91 Å². The average molecular weight is 248 g/mol. The van der Waals surface area contributed by atoms with E-state index in [0.717, 1.165) is 12.8 Å². The van der Waals surface area contributed by atoms with Crippen LogP contribution in [0.25, 0.3) is 0 Å². The lowest BCUT2D eigenvalue weighted by atomic mass is 9.87. The summed E-state index contributed by atoms with van der Waals surface area (Å²) in [5, 5.41) is 3.07. The molecule has 0 aromatic carbocycles. The van der Waals surface area contributed by atoms with Gasteiger partial charge in [-0.3, -0.25) is 4.79 Å². The van der Waals surface area contributed by atoms with E-state index in [1.165, 1.54) is 19.0 Å². The molecular formula is C13H20N4O. The minimum absolute atomic E-state index is 0.0508. The molecule has 2 rings (SSSR count). The van der Waals surface area contributed by atoms with Gasteiger partial charge in [-0.2, -0.15) is 0 Å². The number of carbonyl (C=O) groups is 1. The van der Waals surface area contributed by atoms with Crippen LogP contribution in [0.5, 0.6) is 0 Å². The smallest absolute Gasteiger partial charge is 0.253 e. The van der Waals surface area contributed by atoms with Gasteiger partial charge in [-0.15, -0.1) is 0 Å². The van der Waals surface area contributed by atoms with E-state index in [2.05, 4.69) is 22.7 Å². The van der Waals surface area contributed by atoms with Gasteiger partial charge >= 0.3 is 0 Å². The fourth-order valence-electron chi connectivity index (χ4n) is 2.45. The molecule has 0 bridgehead atoms. The SMILES string of the molecule is CC1CCCC(NC(=O)c2ccc(NN)nc2)C1. The van der Waals surface area contributed by atoms with Gasteiger partial charge in [-0.25, -0.2) is 10.8 Å². The minimum atomic E-state index is -0.0508. The Balaban J connectivity index is 1.94. The summed E-state index contributed by atoms with van der Waals surface area (Å²) in [7, 11) is 0. The summed E-state index contributed by atoms with van der Waals surface area (Å²) in [4.78, 5) is 16.0. The molecule has 1 aliphatic rings. The summed E-state index contributed by atoms with van der Waals surface area (Å²) in [5.41, 5.74) is 3.01. The number of anilines is 1. The maximum atomic E-state index is 12.0. The predicted molar refractivity (Wildman–Crippen MR) is 70.9 cm³/mol. The number of nitrogen functional groups attached to an aromatic ring is 1. The second-order valence-electron chi connectivity index (χ2n) is 5.02. The lowest BCUT2D eigenvalue weighted by Gasteiger charge is -2.27. The van der Waals surface area contributed by atoms with Crippen LogP contribution in [0.4, 0.5) is 5.82 Å². The maximum Gasteiger partial charge on any atom is 0.253 e. The standard InChI is InChI=1S/C13H20N4O/c1-9-3-2-4-11(7-9)16-13(18)10-5-6-12(17-14)15-8-10/h5-6,8-9,11H,2-4,7,14H2,1H3,(H,15,17)(H,16,18). The van der Waals surface area contributed by atoms with Crippen molar-refractivity contribution in [1.29, 1.82) is 0 Å². The number of pyridine rings is 1. The number of nitrogens with zero attached hydrogens (tertiary/aromatic N) is 1. The predicted octanol–water partition coefficient (Wildman–Crippen LogP) is 1.68. The van der Waals surface area contributed by atoms with Crippen molar-refractivity contribution < 1.29 is 4.79 Å². The number of hydrogen-bond donors (Lipinski definition) is 3. The third-order valence-corrected chi connectivity index (χ3v) is 3.45. The number of amides is 1. The molecule has 2 unspecified atom stereocenters. The second-order valence-corrected chi connectivity index (χ2v) is 5.02. The van der Waals surface area contributed by atoms with Crippen LogP contribution < -0.4 is 16.6 Å². The third-order valence-electron chi connectivity index (χ3n) is 3.45. The quantitative estimate of drug-likeness (QED) is 0.561. The molecule has 0 radical (unpaired) electrons. The van der Waals surface area contributed by atoms with Gasteiger partial charge < -0.3 is 10.7 Å². The Hall–Kier alpha value is -1.62. The van der Waals surface area contributed by atoms with Gasteiger partial charge in [0.2, 0.25) is 0 Å². The number of hydrazine groups is 1. The number of hydrogen-bond acceptors (Lipinski definition) is 4. The topological polar surface area (TPSA) is 80.0 Å². The molecule has 2 atom stereocenters. The summed E-state index contributed by atoms with van der Waals surface area (Å²) < 4.78 is 0. The van der Waals surface area contributed by atoms with Crippen LogP contribution in [0, 0.1) is 5.92 Å². The molecule has 18 heavy (non-hydrogen) atoms. The fraction of sp³-hybridized carbons (Fsp3) is 0.538. The Morgan fingerprint density at radius 1 is 1.44 bits per heavy atom. The molecule has 1 aromatic heterocycles. The van der Waals surface area contributed by atoms with E-state index in [4.69, 9.17) is 5.84 Å². The van der Waals surface area contributed by atoms with E-state index in [1.807, 2.05) is 0 Å². The van der Waals surface area contributed by atoms with Gasteiger partial charge in [-0.1, -0.05) is 19.8 Å². The molecule has 0 spiro atoms. The van der Waals surface area contributed by atoms with Gasteiger partial charge in [0.05, 0.1) is 5.56 Å². The van der Waals surface area contributed by atoms with Crippen molar-refractivity contribution in [2.24, 2.45) is 11.8 Å². The number of aromatic nitrogens is 1. The highest BCUT2D eigenvalue weighted by molar-refractivity contribution is 5.94. The van der Waals surface area contributed by atoms with Gasteiger partial charge in [0, 0.05) is 12.2 Å². The zero-order valence-corrected chi connectivity index (χ0v) is 10.6. The first-order chi connectivity index (χ1) is 8.69. The summed E-state index contributed by atoms with van der Waals surface area (Å²) >= 11 is 0. The highest BCUT2D eigenvalue weighted by Gasteiger charge is 2.20. The minimum Gasteiger partial charge on any atom is -0.349 e. The lowest BCUT2D eigenvalue weighted by molar-refractivity contribution is 0.0921. The van der Waals surface area contributed by atoms with Gasteiger partial charge in [-0.05, 0) is 30.9 Å². The fourth-order valence-corrected chi connectivity index (χ4v) is 2.45. The molecule has 5 nitrogen and oxygen atoms in total. The first-order valence-corrected chi connectivity index (χ1v) is 6.42. The molecule has 0 aliphatic heterocycles. The van der Waals surface area contributed by atoms with Crippen molar-refractivity contribution in [1.82, 2.24) is 10.3 Å². The average Bonchev–Trinajstić information content (AvgIpc) is 2.39. The number of carbonyl (C=O) groups excluding carboxylic acids is 1. The van der Waals surface area contributed by atoms with Crippen LogP contribution in [-0.4, -0.2) is 16.9 Å². The molecule has 98 valence electrons. The Morgan fingerprint density at radius 3 is 2.89 bits per heavy atom. The normalized spacial score (nSPS) is 23.4. The lowest BCUT2D eigenvalue weighted by Crippen LogP contribution is -2.38. The van der Waals surface area contributed by atoms with Crippen molar-refractivity contribution in [3.05, 3.63) is 23.9 Å². The maximum absolute atomic E-state index is 12.0. The number of nitrogens with two attached hydrogens (primary N) is 1. The Kier molecular flexibility index (Phi) is 4.15. The van der Waals surface area contributed by atoms with E-state index in [0.29, 0.717) is 23.3 Å². The zero-order valence-electron chi connectivity index (χ0n) is 10.6. The summed E-state index contributed by atoms with van der Waals surface area (Å²) in [6.07, 6.45) is 6.15. The Bertz CT molecular complexity index is 404. The van der Waals surface area contributed by atoms with Crippen molar-refractivity contribution in [2.75, 3.05) is 5.43 Å². The Labute approximate surface area is 107 Å². The molecule has 4 N–H and O–H groups in total. The molecule has 1 heterocycles. The van der Waals surface area contributed by atoms with Crippen LogP contribution in [0.15, 0.2) is 18.3 Å². The van der Waals surface area contributed by atoms with Crippen molar-refractivity contribution in [2.45, 2.75) is 38.6 Å². The van der Waals surface area contributed by atoms with E-state index >= 15 is 0 Å². The van der Waals surface area contributed by atoms with Crippen molar-refractivity contribution >= 4 is 11.7 Å². The molecule has 1 fully saturated rings.